The second-order valence-corrected chi connectivity index (χ2v) is 10.5. The van der Waals surface area contributed by atoms with Crippen molar-refractivity contribution in [3.63, 3.8) is 0 Å². The lowest BCUT2D eigenvalue weighted by atomic mass is 10.0. The Labute approximate surface area is 226 Å². The maximum atomic E-state index is 4.99. The average molecular weight is 515 g/mol. The maximum absolute atomic E-state index is 4.99. The lowest BCUT2D eigenvalue weighted by molar-refractivity contribution is 0.489. The molecule has 1 aliphatic carbocycles. The number of imidazole rings is 1. The van der Waals surface area contributed by atoms with E-state index in [0.717, 1.165) is 63.5 Å². The van der Waals surface area contributed by atoms with Crippen LogP contribution in [0.3, 0.4) is 0 Å². The SMILES string of the molecule is Cc1cccc(-c2ccnc3nc(-c4n[nH]c5ccc(-c6cncc(CNCC7CCCC7)c6)nc45)[nH]c23)c1. The van der Waals surface area contributed by atoms with Crippen LogP contribution in [0.4, 0.5) is 0 Å². The van der Waals surface area contributed by atoms with E-state index in [4.69, 9.17) is 9.97 Å². The maximum Gasteiger partial charge on any atom is 0.178 e. The summed E-state index contributed by atoms with van der Waals surface area (Å²) in [4.78, 5) is 22.3. The molecule has 194 valence electrons. The van der Waals surface area contributed by atoms with Crippen molar-refractivity contribution in [2.75, 3.05) is 6.54 Å². The molecule has 6 aromatic rings. The van der Waals surface area contributed by atoms with Crippen LogP contribution in [0, 0.1) is 12.8 Å². The molecule has 0 amide bonds. The molecule has 0 spiro atoms. The molecule has 3 N–H and O–H groups in total. The Hall–Kier alpha value is -4.43. The van der Waals surface area contributed by atoms with Crippen molar-refractivity contribution in [3.05, 3.63) is 78.2 Å². The first kappa shape index (κ1) is 23.7. The number of rotatable bonds is 7. The van der Waals surface area contributed by atoms with Gasteiger partial charge in [0.05, 0.1) is 16.7 Å². The van der Waals surface area contributed by atoms with Gasteiger partial charge in [-0.2, -0.15) is 5.10 Å². The number of aromatic nitrogens is 7. The Morgan fingerprint density at radius 2 is 1.90 bits per heavy atom. The van der Waals surface area contributed by atoms with Gasteiger partial charge in [0.25, 0.3) is 0 Å². The van der Waals surface area contributed by atoms with Crippen LogP contribution in [-0.2, 0) is 6.54 Å². The third kappa shape index (κ3) is 4.68. The van der Waals surface area contributed by atoms with Gasteiger partial charge in [0.1, 0.15) is 5.52 Å². The smallest absolute Gasteiger partial charge is 0.178 e. The highest BCUT2D eigenvalue weighted by Crippen LogP contribution is 2.31. The van der Waals surface area contributed by atoms with E-state index in [1.807, 2.05) is 30.6 Å². The van der Waals surface area contributed by atoms with Crippen LogP contribution in [-0.4, -0.2) is 41.7 Å². The van der Waals surface area contributed by atoms with E-state index < -0.39 is 0 Å². The summed E-state index contributed by atoms with van der Waals surface area (Å²) in [6, 6.07) is 16.6. The van der Waals surface area contributed by atoms with E-state index in [9.17, 15) is 0 Å². The Bertz CT molecular complexity index is 1780. The second kappa shape index (κ2) is 10.0. The van der Waals surface area contributed by atoms with Gasteiger partial charge in [0.15, 0.2) is 17.2 Å². The van der Waals surface area contributed by atoms with Crippen LogP contribution in [0.2, 0.25) is 0 Å². The molecule has 0 bridgehead atoms. The third-order valence-electron chi connectivity index (χ3n) is 7.68. The summed E-state index contributed by atoms with van der Waals surface area (Å²) in [5.41, 5.74) is 10.2. The topological polar surface area (TPSA) is 108 Å². The minimum atomic E-state index is 0.636. The first-order valence-electron chi connectivity index (χ1n) is 13.6. The van der Waals surface area contributed by atoms with Crippen molar-refractivity contribution >= 4 is 22.2 Å². The zero-order valence-corrected chi connectivity index (χ0v) is 21.9. The van der Waals surface area contributed by atoms with Crippen molar-refractivity contribution in [2.45, 2.75) is 39.2 Å². The van der Waals surface area contributed by atoms with Gasteiger partial charge in [-0.15, -0.1) is 0 Å². The predicted molar refractivity (Wildman–Crippen MR) is 154 cm³/mol. The normalized spacial score (nSPS) is 14.1. The van der Waals surface area contributed by atoms with Crippen LogP contribution in [0.25, 0.3) is 56.1 Å². The van der Waals surface area contributed by atoms with Crippen LogP contribution < -0.4 is 5.32 Å². The van der Waals surface area contributed by atoms with Gasteiger partial charge >= 0.3 is 0 Å². The number of aryl methyl sites for hydroxylation is 1. The summed E-state index contributed by atoms with van der Waals surface area (Å²) in [6.07, 6.45) is 11.0. The van der Waals surface area contributed by atoms with Crippen LogP contribution in [0.15, 0.2) is 67.1 Å². The number of nitrogens with one attached hydrogen (secondary N) is 3. The molecule has 5 aromatic heterocycles. The lowest BCUT2D eigenvalue weighted by Crippen LogP contribution is -2.20. The molecule has 8 heteroatoms. The van der Waals surface area contributed by atoms with Gasteiger partial charge in [-0.1, -0.05) is 42.7 Å². The van der Waals surface area contributed by atoms with Gasteiger partial charge in [-0.05, 0) is 67.6 Å². The molecular weight excluding hydrogens is 484 g/mol. The largest absolute Gasteiger partial charge is 0.335 e. The zero-order valence-electron chi connectivity index (χ0n) is 21.9. The molecule has 39 heavy (non-hydrogen) atoms. The molecule has 0 aliphatic heterocycles. The van der Waals surface area contributed by atoms with Crippen molar-refractivity contribution < 1.29 is 0 Å². The van der Waals surface area contributed by atoms with Gasteiger partial charge in [-0.3, -0.25) is 10.1 Å². The van der Waals surface area contributed by atoms with Gasteiger partial charge in [0.2, 0.25) is 0 Å². The number of hydrogen-bond donors (Lipinski definition) is 3. The number of aromatic amines is 2. The summed E-state index contributed by atoms with van der Waals surface area (Å²) in [6.45, 7) is 3.98. The fraction of sp³-hybridized carbons (Fsp3) is 0.258. The van der Waals surface area contributed by atoms with Gasteiger partial charge in [-0.25, -0.2) is 15.0 Å². The standard InChI is InChI=1S/C31H30N8/c1-19-5-4-8-22(13-19)24-11-12-34-30-27(24)36-31(37-30)29-28-26(38-39-29)10-9-25(35-28)23-14-21(17-33-18-23)16-32-15-20-6-2-3-7-20/h4-5,8-14,17-18,20,32H,2-3,6-7,15-16H2,1H3,(H,38,39)(H,34,36,37). The quantitative estimate of drug-likeness (QED) is 0.234. The number of H-pyrrole nitrogens is 2. The van der Waals surface area contributed by atoms with Crippen molar-refractivity contribution in [1.82, 2.24) is 40.4 Å². The first-order valence-corrected chi connectivity index (χ1v) is 13.6. The molecule has 1 aromatic carbocycles. The van der Waals surface area contributed by atoms with E-state index in [2.05, 4.69) is 67.7 Å². The van der Waals surface area contributed by atoms with Crippen LogP contribution in [0.5, 0.6) is 0 Å². The molecule has 8 nitrogen and oxygen atoms in total. The van der Waals surface area contributed by atoms with Gasteiger partial charge < -0.3 is 10.3 Å². The fourth-order valence-corrected chi connectivity index (χ4v) is 5.66. The molecule has 5 heterocycles. The van der Waals surface area contributed by atoms with Crippen LogP contribution >= 0.6 is 0 Å². The van der Waals surface area contributed by atoms with E-state index >= 15 is 0 Å². The molecular formula is C31H30N8. The van der Waals surface area contributed by atoms with E-state index in [0.29, 0.717) is 17.2 Å². The summed E-state index contributed by atoms with van der Waals surface area (Å²) in [5, 5.41) is 11.3. The van der Waals surface area contributed by atoms with Gasteiger partial charge in [0, 0.05) is 36.3 Å². The number of benzene rings is 1. The number of pyridine rings is 3. The Balaban J connectivity index is 1.20. The van der Waals surface area contributed by atoms with Crippen molar-refractivity contribution in [3.8, 4) is 33.9 Å². The summed E-state index contributed by atoms with van der Waals surface area (Å²) in [7, 11) is 0. The lowest BCUT2D eigenvalue weighted by Gasteiger charge is -2.11. The van der Waals surface area contributed by atoms with E-state index in [1.165, 1.54) is 31.2 Å². The molecule has 0 atom stereocenters. The number of hydrogen-bond acceptors (Lipinski definition) is 6. The summed E-state index contributed by atoms with van der Waals surface area (Å²) < 4.78 is 0. The molecule has 0 unspecified atom stereocenters. The molecule has 0 saturated heterocycles. The summed E-state index contributed by atoms with van der Waals surface area (Å²) >= 11 is 0. The average Bonchev–Trinajstić information content (AvgIpc) is 3.72. The van der Waals surface area contributed by atoms with Crippen molar-refractivity contribution in [1.29, 1.82) is 0 Å². The fourth-order valence-electron chi connectivity index (χ4n) is 5.66. The Morgan fingerprint density at radius 1 is 0.974 bits per heavy atom. The highest BCUT2D eigenvalue weighted by atomic mass is 15.2. The number of nitrogens with zero attached hydrogens (tertiary/aromatic N) is 5. The van der Waals surface area contributed by atoms with Crippen LogP contribution in [0.1, 0.15) is 36.8 Å². The number of fused-ring (bicyclic) bond motifs is 2. The highest BCUT2D eigenvalue weighted by molar-refractivity contribution is 5.95. The zero-order chi connectivity index (χ0) is 26.2. The highest BCUT2D eigenvalue weighted by Gasteiger charge is 2.18. The molecule has 0 radical (unpaired) electrons. The first-order chi connectivity index (χ1) is 19.2. The van der Waals surface area contributed by atoms with E-state index in [-0.39, 0.29) is 0 Å². The monoisotopic (exact) mass is 514 g/mol. The van der Waals surface area contributed by atoms with Crippen molar-refractivity contribution in [2.24, 2.45) is 5.92 Å². The minimum absolute atomic E-state index is 0.636. The Kier molecular flexibility index (Phi) is 6.09. The molecule has 7 rings (SSSR count). The molecule has 1 fully saturated rings. The molecule has 1 aliphatic rings. The second-order valence-electron chi connectivity index (χ2n) is 10.5. The molecule has 1 saturated carbocycles. The van der Waals surface area contributed by atoms with E-state index in [1.54, 1.807) is 6.20 Å². The predicted octanol–water partition coefficient (Wildman–Crippen LogP) is 6.21. The minimum Gasteiger partial charge on any atom is -0.335 e. The summed E-state index contributed by atoms with van der Waals surface area (Å²) in [5.74, 6) is 1.45. The third-order valence-corrected chi connectivity index (χ3v) is 7.68. The Morgan fingerprint density at radius 3 is 2.79 bits per heavy atom.